The van der Waals surface area contributed by atoms with Crippen LogP contribution in [0.25, 0.3) is 6.08 Å². The highest BCUT2D eigenvalue weighted by atomic mass is 16.1. The van der Waals surface area contributed by atoms with Crippen LogP contribution in [-0.2, 0) is 24.3 Å². The van der Waals surface area contributed by atoms with Gasteiger partial charge in [-0.05, 0) is 72.8 Å². The second-order valence-corrected chi connectivity index (χ2v) is 9.82. The second-order valence-electron chi connectivity index (χ2n) is 9.82. The van der Waals surface area contributed by atoms with Crippen molar-refractivity contribution in [3.8, 4) is 0 Å². The van der Waals surface area contributed by atoms with Gasteiger partial charge in [0, 0.05) is 54.0 Å². The highest BCUT2D eigenvalue weighted by molar-refractivity contribution is 6.16. The minimum atomic E-state index is 0.294. The van der Waals surface area contributed by atoms with Gasteiger partial charge in [-0.1, -0.05) is 36.4 Å². The maximum Gasteiger partial charge on any atom is 0.163 e. The van der Waals surface area contributed by atoms with E-state index in [1.54, 1.807) is 0 Å². The number of nitrogens with zero attached hydrogens (tertiary/aromatic N) is 3. The van der Waals surface area contributed by atoms with E-state index in [0.29, 0.717) is 24.7 Å². The molecule has 1 atom stereocenters. The zero-order valence-electron chi connectivity index (χ0n) is 19.6. The average Bonchev–Trinajstić information content (AvgIpc) is 3.26. The van der Waals surface area contributed by atoms with Gasteiger partial charge in [-0.2, -0.15) is 0 Å². The number of hydrogen-bond acceptors (Lipinski definition) is 4. The summed E-state index contributed by atoms with van der Waals surface area (Å²) in [5.41, 5.74) is 10.3. The Bertz CT molecular complexity index is 1320. The first-order valence-corrected chi connectivity index (χ1v) is 12.3. The Morgan fingerprint density at radius 2 is 1.94 bits per heavy atom. The van der Waals surface area contributed by atoms with E-state index in [1.807, 2.05) is 19.2 Å². The van der Waals surface area contributed by atoms with Crippen LogP contribution in [0.15, 0.2) is 71.4 Å². The van der Waals surface area contributed by atoms with Gasteiger partial charge in [0.05, 0.1) is 12.3 Å². The van der Waals surface area contributed by atoms with Crippen molar-refractivity contribution in [2.75, 3.05) is 13.1 Å². The molecule has 1 aliphatic carbocycles. The predicted molar refractivity (Wildman–Crippen MR) is 136 cm³/mol. The Morgan fingerprint density at radius 3 is 2.79 bits per heavy atom. The minimum Gasteiger partial charge on any atom is -0.298 e. The molecule has 4 nitrogen and oxygen atoms in total. The average molecular weight is 448 g/mol. The van der Waals surface area contributed by atoms with Crippen LogP contribution in [0.5, 0.6) is 0 Å². The summed E-state index contributed by atoms with van der Waals surface area (Å²) in [6.07, 6.45) is 6.77. The lowest BCUT2D eigenvalue weighted by molar-refractivity contribution is -0.115. The quantitative estimate of drug-likeness (QED) is 0.555. The number of aromatic nitrogens is 1. The highest BCUT2D eigenvalue weighted by Gasteiger charge is 2.30. The third kappa shape index (κ3) is 4.03. The molecule has 1 unspecified atom stereocenters. The van der Waals surface area contributed by atoms with E-state index in [4.69, 9.17) is 4.99 Å². The monoisotopic (exact) mass is 447 g/mol. The van der Waals surface area contributed by atoms with Gasteiger partial charge in [0.1, 0.15) is 0 Å². The summed E-state index contributed by atoms with van der Waals surface area (Å²) < 4.78 is 0. The van der Waals surface area contributed by atoms with Gasteiger partial charge in [-0.3, -0.25) is 19.7 Å². The number of pyridine rings is 1. The first kappa shape index (κ1) is 21.2. The highest BCUT2D eigenvalue weighted by Crippen LogP contribution is 2.35. The van der Waals surface area contributed by atoms with Crippen LogP contribution >= 0.6 is 0 Å². The van der Waals surface area contributed by atoms with Crippen LogP contribution in [0, 0.1) is 12.8 Å². The van der Waals surface area contributed by atoms with Crippen molar-refractivity contribution >= 4 is 17.6 Å². The molecule has 34 heavy (non-hydrogen) atoms. The van der Waals surface area contributed by atoms with E-state index in [-0.39, 0.29) is 0 Å². The zero-order valence-corrected chi connectivity index (χ0v) is 19.6. The lowest BCUT2D eigenvalue weighted by Gasteiger charge is -2.34. The molecule has 170 valence electrons. The number of piperidine rings is 1. The van der Waals surface area contributed by atoms with E-state index in [2.05, 4.69) is 64.5 Å². The maximum absolute atomic E-state index is 13.2. The summed E-state index contributed by atoms with van der Waals surface area (Å²) in [6, 6.07) is 19.3. The topological polar surface area (TPSA) is 45.6 Å². The summed E-state index contributed by atoms with van der Waals surface area (Å²) in [4.78, 5) is 24.9. The molecule has 2 aliphatic heterocycles. The van der Waals surface area contributed by atoms with Crippen molar-refractivity contribution in [1.29, 1.82) is 0 Å². The summed E-state index contributed by atoms with van der Waals surface area (Å²) in [6.45, 7) is 5.70. The SMILES string of the molecule is Cc1cc(C2=NCc3cc4c(cc32)C=C(C2CCCN(Cc3ccccc3)C2)C(=O)C4)ccn1. The number of benzene rings is 2. The van der Waals surface area contributed by atoms with Crippen LogP contribution in [0.4, 0.5) is 0 Å². The molecular formula is C30H29N3O. The van der Waals surface area contributed by atoms with E-state index in [0.717, 1.165) is 60.6 Å². The number of aryl methyl sites for hydroxylation is 1. The summed E-state index contributed by atoms with van der Waals surface area (Å²) in [5.74, 6) is 0.602. The number of carbonyl (C=O) groups excluding carboxylic acids is 1. The van der Waals surface area contributed by atoms with Crippen molar-refractivity contribution in [1.82, 2.24) is 9.88 Å². The van der Waals surface area contributed by atoms with Crippen molar-refractivity contribution in [3.63, 3.8) is 0 Å². The molecule has 4 heteroatoms. The normalized spacial score (nSPS) is 19.9. The fourth-order valence-corrected chi connectivity index (χ4v) is 5.70. The molecule has 0 spiro atoms. The second kappa shape index (κ2) is 8.77. The number of rotatable bonds is 4. The molecule has 1 saturated heterocycles. The number of Topliss-reactive ketones (excluding diaryl/α,β-unsaturated/α-hetero) is 1. The Morgan fingerprint density at radius 1 is 1.06 bits per heavy atom. The standard InChI is InChI=1S/C30H29N3O/c1-20-12-22(9-10-31-20)30-28-15-25-14-27(29(34)16-24(25)13-26(28)17-32-30)23-8-5-11-33(19-23)18-21-6-3-2-4-7-21/h2-4,6-7,9-10,12-15,23H,5,8,11,16-19H2,1H3. The van der Waals surface area contributed by atoms with Crippen molar-refractivity contribution < 1.29 is 4.79 Å². The van der Waals surface area contributed by atoms with E-state index < -0.39 is 0 Å². The number of ketones is 1. The number of fused-ring (bicyclic) bond motifs is 2. The number of likely N-dealkylation sites (tertiary alicyclic amines) is 1. The van der Waals surface area contributed by atoms with Gasteiger partial charge in [0.2, 0.25) is 0 Å². The molecular weight excluding hydrogens is 418 g/mol. The number of aliphatic imine (C=N–C) groups is 1. The van der Waals surface area contributed by atoms with Crippen molar-refractivity contribution in [2.45, 2.75) is 39.3 Å². The molecule has 0 saturated carbocycles. The third-order valence-corrected chi connectivity index (χ3v) is 7.38. The smallest absolute Gasteiger partial charge is 0.163 e. The fraction of sp³-hybridized carbons (Fsp3) is 0.300. The largest absolute Gasteiger partial charge is 0.298 e. The van der Waals surface area contributed by atoms with Crippen LogP contribution in [0.3, 0.4) is 0 Å². The van der Waals surface area contributed by atoms with Gasteiger partial charge in [-0.25, -0.2) is 0 Å². The van der Waals surface area contributed by atoms with E-state index in [1.165, 1.54) is 22.3 Å². The molecule has 1 aromatic heterocycles. The third-order valence-electron chi connectivity index (χ3n) is 7.38. The van der Waals surface area contributed by atoms with Gasteiger partial charge < -0.3 is 0 Å². The summed E-state index contributed by atoms with van der Waals surface area (Å²) >= 11 is 0. The molecule has 1 fully saturated rings. The summed E-state index contributed by atoms with van der Waals surface area (Å²) in [7, 11) is 0. The first-order chi connectivity index (χ1) is 16.6. The Kier molecular flexibility index (Phi) is 5.46. The van der Waals surface area contributed by atoms with Gasteiger partial charge in [0.15, 0.2) is 5.78 Å². The molecule has 0 N–H and O–H groups in total. The lowest BCUT2D eigenvalue weighted by Crippen LogP contribution is -2.37. The molecule has 6 rings (SSSR count). The fourth-order valence-electron chi connectivity index (χ4n) is 5.70. The lowest BCUT2D eigenvalue weighted by atomic mass is 9.80. The van der Waals surface area contributed by atoms with Gasteiger partial charge in [-0.15, -0.1) is 0 Å². The Balaban J connectivity index is 1.28. The Hall–Kier alpha value is -3.37. The first-order valence-electron chi connectivity index (χ1n) is 12.3. The van der Waals surface area contributed by atoms with Gasteiger partial charge in [0.25, 0.3) is 0 Å². The van der Waals surface area contributed by atoms with Crippen LogP contribution in [-0.4, -0.2) is 34.5 Å². The predicted octanol–water partition coefficient (Wildman–Crippen LogP) is 5.16. The number of hydrogen-bond donors (Lipinski definition) is 0. The summed E-state index contributed by atoms with van der Waals surface area (Å²) in [5, 5.41) is 0. The number of carbonyl (C=O) groups is 1. The Labute approximate surface area is 201 Å². The molecule has 2 aromatic carbocycles. The van der Waals surface area contributed by atoms with Crippen LogP contribution in [0.2, 0.25) is 0 Å². The molecule has 3 aliphatic rings. The molecule has 0 radical (unpaired) electrons. The van der Waals surface area contributed by atoms with Crippen molar-refractivity contribution in [2.24, 2.45) is 10.9 Å². The van der Waals surface area contributed by atoms with Gasteiger partial charge >= 0.3 is 0 Å². The maximum atomic E-state index is 13.2. The molecule has 3 heterocycles. The van der Waals surface area contributed by atoms with Crippen LogP contribution in [0.1, 0.15) is 51.9 Å². The van der Waals surface area contributed by atoms with E-state index >= 15 is 0 Å². The molecule has 0 bridgehead atoms. The van der Waals surface area contributed by atoms with Crippen LogP contribution < -0.4 is 0 Å². The van der Waals surface area contributed by atoms with Crippen molar-refractivity contribution in [3.05, 3.63) is 105 Å². The van der Waals surface area contributed by atoms with E-state index in [9.17, 15) is 4.79 Å². The molecule has 3 aromatic rings. The minimum absolute atomic E-state index is 0.294. The molecule has 0 amide bonds. The zero-order chi connectivity index (χ0) is 23.1.